The first kappa shape index (κ1) is 20.1. The van der Waals surface area contributed by atoms with Gasteiger partial charge < -0.3 is 4.57 Å². The maximum atomic E-state index is 5.28. The minimum atomic E-state index is -0.362. The minimum absolute atomic E-state index is 0.362. The third kappa shape index (κ3) is 2.14. The highest BCUT2D eigenvalue weighted by Crippen LogP contribution is 2.60. The average molecular weight is 495 g/mol. The van der Waals surface area contributed by atoms with Crippen molar-refractivity contribution in [3.8, 4) is 16.8 Å². The lowest BCUT2D eigenvalue weighted by Gasteiger charge is -2.41. The van der Waals surface area contributed by atoms with Crippen molar-refractivity contribution in [1.29, 1.82) is 0 Å². The molecule has 0 unspecified atom stereocenters. The number of nitrogens with zero attached hydrogens (tertiary/aromatic N) is 2. The molecule has 0 bridgehead atoms. The maximum Gasteiger partial charge on any atom is 0.0779 e. The lowest BCUT2D eigenvalue weighted by Crippen LogP contribution is -2.47. The van der Waals surface area contributed by atoms with Gasteiger partial charge in [-0.1, -0.05) is 103 Å². The van der Waals surface area contributed by atoms with Crippen LogP contribution in [0, 0.1) is 0 Å². The standard InChI is InChI=1S/C37H22N2/c1-5-15-27-22(11-1)23-12-2-6-16-28(23)37(27)29-17-7-10-20-33(29)39-32-19-9-4-14-25(32)34-35-26(21-30(37)36(34)39)24-13-3-8-18-31(24)38-35/h1-20H,21H2. The molecule has 0 saturated carbocycles. The van der Waals surface area contributed by atoms with Crippen molar-refractivity contribution in [2.75, 3.05) is 0 Å². The highest BCUT2D eigenvalue weighted by Gasteiger charge is 2.52. The van der Waals surface area contributed by atoms with Gasteiger partial charge in [0.15, 0.2) is 0 Å². The van der Waals surface area contributed by atoms with Crippen LogP contribution < -0.4 is 21.1 Å². The summed E-state index contributed by atoms with van der Waals surface area (Å²) in [5.41, 5.74) is 13.0. The third-order valence-electron chi connectivity index (χ3n) is 9.45. The Morgan fingerprint density at radius 1 is 0.615 bits per heavy atom. The number of rotatable bonds is 0. The van der Waals surface area contributed by atoms with Gasteiger partial charge >= 0.3 is 0 Å². The van der Waals surface area contributed by atoms with Gasteiger partial charge in [0.05, 0.1) is 33.0 Å². The topological polar surface area (TPSA) is 17.3 Å². The zero-order chi connectivity index (χ0) is 25.3. The third-order valence-corrected chi connectivity index (χ3v) is 9.45. The second kappa shape index (κ2) is 6.73. The number of fused-ring (bicyclic) bond motifs is 14. The largest absolute Gasteiger partial charge is 0.309 e. The Morgan fingerprint density at radius 2 is 1.26 bits per heavy atom. The SMILES string of the molecule is c1ccc2c(c1)-c1ccccc1C21C2=c3c(c4ccccc4n3-c3ccccc31)=C1N=c3ccccc3=C1C2. The molecular weight excluding hydrogens is 472 g/mol. The van der Waals surface area contributed by atoms with Gasteiger partial charge in [-0.25, -0.2) is 4.99 Å². The van der Waals surface area contributed by atoms with Crippen LogP contribution in [0.25, 0.3) is 44.6 Å². The van der Waals surface area contributed by atoms with Crippen molar-refractivity contribution in [3.63, 3.8) is 0 Å². The second-order valence-electron chi connectivity index (χ2n) is 11.0. The molecular formula is C37H22N2. The number of hydrogen-bond acceptors (Lipinski definition) is 1. The summed E-state index contributed by atoms with van der Waals surface area (Å²) in [5, 5.41) is 6.26. The van der Waals surface area contributed by atoms with Crippen LogP contribution in [0.3, 0.4) is 0 Å². The summed E-state index contributed by atoms with van der Waals surface area (Å²) < 4.78 is 2.53. The Labute approximate surface area is 224 Å². The summed E-state index contributed by atoms with van der Waals surface area (Å²) in [4.78, 5) is 5.28. The fourth-order valence-corrected chi connectivity index (χ4v) is 8.11. The zero-order valence-electron chi connectivity index (χ0n) is 21.1. The van der Waals surface area contributed by atoms with E-state index in [1.54, 1.807) is 0 Å². The first-order chi connectivity index (χ1) is 19.4. The molecule has 2 nitrogen and oxygen atoms in total. The minimum Gasteiger partial charge on any atom is -0.309 e. The van der Waals surface area contributed by atoms with Gasteiger partial charge in [-0.15, -0.1) is 0 Å². The number of aromatic nitrogens is 1. The molecule has 10 rings (SSSR count). The molecule has 2 heteroatoms. The normalized spacial score (nSPS) is 16.4. The quantitative estimate of drug-likeness (QED) is 0.279. The summed E-state index contributed by atoms with van der Waals surface area (Å²) in [7, 11) is 0. The van der Waals surface area contributed by atoms with Crippen LogP contribution >= 0.6 is 0 Å². The first-order valence-electron chi connectivity index (χ1n) is 13.7. The monoisotopic (exact) mass is 494 g/mol. The maximum absolute atomic E-state index is 5.28. The van der Waals surface area contributed by atoms with Crippen molar-refractivity contribution in [2.45, 2.75) is 11.8 Å². The molecule has 0 fully saturated rings. The van der Waals surface area contributed by atoms with Gasteiger partial charge in [0, 0.05) is 22.2 Å². The van der Waals surface area contributed by atoms with Gasteiger partial charge in [0.25, 0.3) is 0 Å². The van der Waals surface area contributed by atoms with Crippen LogP contribution in [-0.4, -0.2) is 4.57 Å². The van der Waals surface area contributed by atoms with E-state index in [0.717, 1.165) is 17.5 Å². The van der Waals surface area contributed by atoms with E-state index in [1.165, 1.54) is 71.3 Å². The van der Waals surface area contributed by atoms with E-state index < -0.39 is 0 Å². The average Bonchev–Trinajstić information content (AvgIpc) is 3.64. The lowest BCUT2D eigenvalue weighted by molar-refractivity contribution is 0.755. The summed E-state index contributed by atoms with van der Waals surface area (Å²) in [6.07, 6.45) is 0.871. The van der Waals surface area contributed by atoms with Crippen LogP contribution in [-0.2, 0) is 5.41 Å². The van der Waals surface area contributed by atoms with Crippen LogP contribution in [0.4, 0.5) is 0 Å². The molecule has 6 aromatic rings. The molecule has 2 aliphatic carbocycles. The molecule has 0 radical (unpaired) electrons. The molecule has 3 heterocycles. The van der Waals surface area contributed by atoms with Crippen molar-refractivity contribution >= 4 is 27.7 Å². The van der Waals surface area contributed by atoms with Crippen LogP contribution in [0.1, 0.15) is 23.1 Å². The van der Waals surface area contributed by atoms with Gasteiger partial charge in [0.2, 0.25) is 0 Å². The molecule has 1 aromatic heterocycles. The van der Waals surface area contributed by atoms with Crippen molar-refractivity contribution in [3.05, 3.63) is 159 Å². The lowest BCUT2D eigenvalue weighted by atomic mass is 9.63. The zero-order valence-corrected chi connectivity index (χ0v) is 21.1. The van der Waals surface area contributed by atoms with Crippen molar-refractivity contribution in [1.82, 2.24) is 4.57 Å². The predicted molar refractivity (Wildman–Crippen MR) is 156 cm³/mol. The summed E-state index contributed by atoms with van der Waals surface area (Å²) in [5.74, 6) is 0. The smallest absolute Gasteiger partial charge is 0.0779 e. The van der Waals surface area contributed by atoms with E-state index in [2.05, 4.69) is 126 Å². The molecule has 39 heavy (non-hydrogen) atoms. The Bertz CT molecular complexity index is 2320. The molecule has 0 amide bonds. The molecule has 1 spiro atoms. The van der Waals surface area contributed by atoms with Crippen molar-refractivity contribution < 1.29 is 0 Å². The van der Waals surface area contributed by atoms with E-state index in [9.17, 15) is 0 Å². The van der Waals surface area contributed by atoms with Crippen LogP contribution in [0.15, 0.2) is 126 Å². The van der Waals surface area contributed by atoms with E-state index in [0.29, 0.717) is 0 Å². The summed E-state index contributed by atoms with van der Waals surface area (Å²) >= 11 is 0. The van der Waals surface area contributed by atoms with Gasteiger partial charge in [-0.05, 0) is 57.2 Å². The van der Waals surface area contributed by atoms with Crippen LogP contribution in [0.5, 0.6) is 0 Å². The second-order valence-corrected chi connectivity index (χ2v) is 11.0. The van der Waals surface area contributed by atoms with Crippen molar-refractivity contribution in [2.24, 2.45) is 4.99 Å². The van der Waals surface area contributed by atoms with Gasteiger partial charge in [0.1, 0.15) is 0 Å². The highest BCUT2D eigenvalue weighted by atomic mass is 15.0. The van der Waals surface area contributed by atoms with E-state index in [4.69, 9.17) is 4.99 Å². The van der Waals surface area contributed by atoms with Gasteiger partial charge in [-0.3, -0.25) is 0 Å². The first-order valence-corrected chi connectivity index (χ1v) is 13.7. The van der Waals surface area contributed by atoms with Gasteiger partial charge in [-0.2, -0.15) is 0 Å². The van der Waals surface area contributed by atoms with E-state index in [1.807, 2.05) is 0 Å². The fourth-order valence-electron chi connectivity index (χ4n) is 8.11. The molecule has 4 aliphatic rings. The number of benzene rings is 5. The Hall–Kier alpha value is -4.95. The van der Waals surface area contributed by atoms with E-state index >= 15 is 0 Å². The molecule has 0 saturated heterocycles. The molecule has 5 aromatic carbocycles. The predicted octanol–water partition coefficient (Wildman–Crippen LogP) is 5.11. The van der Waals surface area contributed by atoms with E-state index in [-0.39, 0.29) is 5.41 Å². The molecule has 2 aliphatic heterocycles. The molecule has 0 N–H and O–H groups in total. The number of para-hydroxylation sites is 3. The Balaban J connectivity index is 1.54. The summed E-state index contributed by atoms with van der Waals surface area (Å²) in [6, 6.07) is 44.8. The Morgan fingerprint density at radius 3 is 2.08 bits per heavy atom. The molecule has 0 atom stereocenters. The van der Waals surface area contributed by atoms with Crippen LogP contribution in [0.2, 0.25) is 0 Å². The fraction of sp³-hybridized carbons (Fsp3) is 0.0541. The Kier molecular flexibility index (Phi) is 3.46. The highest BCUT2D eigenvalue weighted by molar-refractivity contribution is 6.05. The molecule has 180 valence electrons. The summed E-state index contributed by atoms with van der Waals surface area (Å²) in [6.45, 7) is 0. The number of hydrogen-bond donors (Lipinski definition) is 0.